The Kier molecular flexibility index (Phi) is 2.28. The van der Waals surface area contributed by atoms with Crippen LogP contribution >= 0.6 is 0 Å². The second-order valence-corrected chi connectivity index (χ2v) is 3.55. The van der Waals surface area contributed by atoms with Crippen molar-refractivity contribution in [3.8, 4) is 0 Å². The first-order chi connectivity index (χ1) is 4.66. The standard InChI is InChI=1S/C7H17N3/c1-7(6-8)2-4-10(9)5-3-7/h2-6,8-9H2,1H3. The summed E-state index contributed by atoms with van der Waals surface area (Å²) in [5, 5.41) is 1.87. The summed E-state index contributed by atoms with van der Waals surface area (Å²) in [6.45, 7) is 5.02. The van der Waals surface area contributed by atoms with Crippen molar-refractivity contribution in [1.82, 2.24) is 5.01 Å². The molecule has 1 saturated heterocycles. The third kappa shape index (κ3) is 1.68. The van der Waals surface area contributed by atoms with Crippen LogP contribution in [0.25, 0.3) is 0 Å². The van der Waals surface area contributed by atoms with Crippen LogP contribution < -0.4 is 11.6 Å². The normalized spacial score (nSPS) is 26.7. The maximum atomic E-state index is 5.62. The van der Waals surface area contributed by atoms with Crippen molar-refractivity contribution in [2.75, 3.05) is 19.6 Å². The minimum absolute atomic E-state index is 0.357. The Morgan fingerprint density at radius 3 is 2.30 bits per heavy atom. The average Bonchev–Trinajstić information content (AvgIpc) is 1.96. The lowest BCUT2D eigenvalue weighted by molar-refractivity contribution is 0.126. The third-order valence-electron chi connectivity index (χ3n) is 2.50. The molecule has 0 aliphatic carbocycles. The van der Waals surface area contributed by atoms with E-state index in [1.807, 2.05) is 5.01 Å². The summed E-state index contributed by atoms with van der Waals surface area (Å²) in [5.74, 6) is 5.60. The zero-order chi connectivity index (χ0) is 7.61. The van der Waals surface area contributed by atoms with E-state index in [-0.39, 0.29) is 0 Å². The van der Waals surface area contributed by atoms with Gasteiger partial charge in [0.1, 0.15) is 0 Å². The molecule has 60 valence electrons. The fraction of sp³-hybridized carbons (Fsp3) is 1.00. The van der Waals surface area contributed by atoms with E-state index in [0.29, 0.717) is 5.41 Å². The predicted octanol–water partition coefficient (Wildman–Crippen LogP) is -0.0791. The molecule has 0 atom stereocenters. The number of hydrazine groups is 1. The monoisotopic (exact) mass is 143 g/mol. The van der Waals surface area contributed by atoms with Crippen molar-refractivity contribution in [3.05, 3.63) is 0 Å². The number of piperidine rings is 1. The summed E-state index contributed by atoms with van der Waals surface area (Å²) in [6.07, 6.45) is 2.28. The maximum Gasteiger partial charge on any atom is 0.0134 e. The first kappa shape index (κ1) is 7.98. The quantitative estimate of drug-likeness (QED) is 0.505. The largest absolute Gasteiger partial charge is 0.330 e. The van der Waals surface area contributed by atoms with E-state index >= 15 is 0 Å². The van der Waals surface area contributed by atoms with Gasteiger partial charge in [-0.05, 0) is 24.8 Å². The molecule has 0 amide bonds. The van der Waals surface area contributed by atoms with Crippen molar-refractivity contribution < 1.29 is 0 Å². The van der Waals surface area contributed by atoms with Crippen molar-refractivity contribution in [3.63, 3.8) is 0 Å². The number of nitrogens with zero attached hydrogens (tertiary/aromatic N) is 1. The van der Waals surface area contributed by atoms with Crippen molar-refractivity contribution in [2.24, 2.45) is 17.0 Å². The van der Waals surface area contributed by atoms with Crippen LogP contribution in [0.3, 0.4) is 0 Å². The summed E-state index contributed by atoms with van der Waals surface area (Å²) >= 11 is 0. The van der Waals surface area contributed by atoms with Crippen LogP contribution in [0.1, 0.15) is 19.8 Å². The molecule has 0 radical (unpaired) electrons. The van der Waals surface area contributed by atoms with Crippen LogP contribution in [0.4, 0.5) is 0 Å². The van der Waals surface area contributed by atoms with Crippen molar-refractivity contribution in [1.29, 1.82) is 0 Å². The molecule has 1 aliphatic heterocycles. The zero-order valence-electron chi connectivity index (χ0n) is 6.64. The second-order valence-electron chi connectivity index (χ2n) is 3.55. The van der Waals surface area contributed by atoms with Gasteiger partial charge >= 0.3 is 0 Å². The Bertz CT molecular complexity index is 105. The van der Waals surface area contributed by atoms with E-state index in [9.17, 15) is 0 Å². The van der Waals surface area contributed by atoms with Gasteiger partial charge in [-0.2, -0.15) is 0 Å². The van der Waals surface area contributed by atoms with Crippen LogP contribution in [-0.2, 0) is 0 Å². The Balaban J connectivity index is 2.38. The second kappa shape index (κ2) is 2.86. The molecule has 3 heteroatoms. The molecule has 1 aliphatic rings. The van der Waals surface area contributed by atoms with Crippen molar-refractivity contribution >= 4 is 0 Å². The molecular weight excluding hydrogens is 126 g/mol. The molecule has 0 spiro atoms. The first-order valence-corrected chi connectivity index (χ1v) is 3.86. The molecule has 10 heavy (non-hydrogen) atoms. The van der Waals surface area contributed by atoms with Gasteiger partial charge in [0, 0.05) is 13.1 Å². The molecule has 1 fully saturated rings. The van der Waals surface area contributed by atoms with E-state index in [0.717, 1.165) is 32.5 Å². The molecule has 3 nitrogen and oxygen atoms in total. The van der Waals surface area contributed by atoms with Crippen LogP contribution in [0.5, 0.6) is 0 Å². The van der Waals surface area contributed by atoms with Crippen LogP contribution in [0.2, 0.25) is 0 Å². The highest BCUT2D eigenvalue weighted by atomic mass is 15.4. The van der Waals surface area contributed by atoms with E-state index in [2.05, 4.69) is 6.92 Å². The predicted molar refractivity (Wildman–Crippen MR) is 42.2 cm³/mol. The molecule has 0 saturated carbocycles. The fourth-order valence-corrected chi connectivity index (χ4v) is 1.27. The van der Waals surface area contributed by atoms with Gasteiger partial charge in [0.25, 0.3) is 0 Å². The lowest BCUT2D eigenvalue weighted by Crippen LogP contribution is -2.45. The summed E-state index contributed by atoms with van der Waals surface area (Å²) in [4.78, 5) is 0. The minimum Gasteiger partial charge on any atom is -0.330 e. The number of rotatable bonds is 1. The highest BCUT2D eigenvalue weighted by Gasteiger charge is 2.27. The number of nitrogens with two attached hydrogens (primary N) is 2. The summed E-state index contributed by atoms with van der Waals surface area (Å²) in [5.41, 5.74) is 5.98. The molecular formula is C7H17N3. The molecule has 0 aromatic heterocycles. The summed E-state index contributed by atoms with van der Waals surface area (Å²) < 4.78 is 0. The van der Waals surface area contributed by atoms with Gasteiger partial charge in [0.2, 0.25) is 0 Å². The highest BCUT2D eigenvalue weighted by molar-refractivity contribution is 4.80. The zero-order valence-corrected chi connectivity index (χ0v) is 6.64. The van der Waals surface area contributed by atoms with Crippen molar-refractivity contribution in [2.45, 2.75) is 19.8 Å². The van der Waals surface area contributed by atoms with E-state index in [1.165, 1.54) is 0 Å². The Labute approximate surface area is 62.3 Å². The Morgan fingerprint density at radius 2 is 1.90 bits per heavy atom. The summed E-state index contributed by atoms with van der Waals surface area (Å²) in [7, 11) is 0. The number of hydrogen-bond donors (Lipinski definition) is 2. The van der Waals surface area contributed by atoms with Gasteiger partial charge < -0.3 is 5.73 Å². The first-order valence-electron chi connectivity index (χ1n) is 3.86. The van der Waals surface area contributed by atoms with Crippen LogP contribution in [0.15, 0.2) is 0 Å². The Morgan fingerprint density at radius 1 is 1.40 bits per heavy atom. The van der Waals surface area contributed by atoms with Crippen LogP contribution in [-0.4, -0.2) is 24.6 Å². The Hall–Kier alpha value is -0.120. The molecule has 0 unspecified atom stereocenters. The fourth-order valence-electron chi connectivity index (χ4n) is 1.27. The molecule has 1 rings (SSSR count). The number of hydrogen-bond acceptors (Lipinski definition) is 3. The summed E-state index contributed by atoms with van der Waals surface area (Å²) in [6, 6.07) is 0. The van der Waals surface area contributed by atoms with Gasteiger partial charge in [-0.15, -0.1) is 0 Å². The maximum absolute atomic E-state index is 5.62. The third-order valence-corrected chi connectivity index (χ3v) is 2.50. The van der Waals surface area contributed by atoms with Gasteiger partial charge in [-0.1, -0.05) is 6.92 Å². The minimum atomic E-state index is 0.357. The molecule has 0 bridgehead atoms. The SMILES string of the molecule is CC1(CN)CCN(N)CC1. The van der Waals surface area contributed by atoms with E-state index < -0.39 is 0 Å². The van der Waals surface area contributed by atoms with E-state index in [4.69, 9.17) is 11.6 Å². The topological polar surface area (TPSA) is 55.3 Å². The molecule has 0 aromatic carbocycles. The van der Waals surface area contributed by atoms with Gasteiger partial charge in [0.15, 0.2) is 0 Å². The highest BCUT2D eigenvalue weighted by Crippen LogP contribution is 2.27. The molecule has 1 heterocycles. The van der Waals surface area contributed by atoms with Crippen LogP contribution in [0, 0.1) is 5.41 Å². The van der Waals surface area contributed by atoms with Gasteiger partial charge in [-0.25, -0.2) is 5.01 Å². The lowest BCUT2D eigenvalue weighted by Gasteiger charge is -2.36. The average molecular weight is 143 g/mol. The van der Waals surface area contributed by atoms with Gasteiger partial charge in [0.05, 0.1) is 0 Å². The molecule has 0 aromatic rings. The van der Waals surface area contributed by atoms with E-state index in [1.54, 1.807) is 0 Å². The lowest BCUT2D eigenvalue weighted by atomic mass is 9.81. The molecule has 4 N–H and O–H groups in total. The van der Waals surface area contributed by atoms with Gasteiger partial charge in [-0.3, -0.25) is 5.84 Å². The smallest absolute Gasteiger partial charge is 0.0134 e.